The summed E-state index contributed by atoms with van der Waals surface area (Å²) >= 11 is 0. The third-order valence-electron chi connectivity index (χ3n) is 5.68. The van der Waals surface area contributed by atoms with Crippen molar-refractivity contribution in [2.75, 3.05) is 39.3 Å². The maximum Gasteiger partial charge on any atom is 0.309 e. The summed E-state index contributed by atoms with van der Waals surface area (Å²) in [6, 6.07) is 1.13. The Kier molecular flexibility index (Phi) is 8.69. The molecule has 0 spiro atoms. The number of hydrogen-bond donors (Lipinski definition) is 1. The molecule has 2 saturated heterocycles. The van der Waals surface area contributed by atoms with E-state index in [1.165, 1.54) is 25.8 Å². The van der Waals surface area contributed by atoms with Crippen LogP contribution in [0.1, 0.15) is 59.8 Å². The van der Waals surface area contributed by atoms with Crippen LogP contribution in [-0.2, 0) is 9.53 Å². The minimum atomic E-state index is -0.0400. The Morgan fingerprint density at radius 1 is 1.19 bits per heavy atom. The highest BCUT2D eigenvalue weighted by atomic mass is 16.5. The van der Waals surface area contributed by atoms with Crippen molar-refractivity contribution in [2.45, 2.75) is 71.9 Å². The SMILES string of the molecule is CCNC(=NCC(C)N1CCCCC1C)N1CCC(C(=O)OCC)CC1. The second kappa shape index (κ2) is 10.8. The topological polar surface area (TPSA) is 57.2 Å². The lowest BCUT2D eigenvalue weighted by atomic mass is 9.97. The van der Waals surface area contributed by atoms with Crippen LogP contribution in [-0.4, -0.2) is 73.1 Å². The first-order valence-electron chi connectivity index (χ1n) is 10.5. The average molecular weight is 367 g/mol. The third-order valence-corrected chi connectivity index (χ3v) is 5.68. The molecule has 26 heavy (non-hydrogen) atoms. The fraction of sp³-hybridized carbons (Fsp3) is 0.900. The monoisotopic (exact) mass is 366 g/mol. The van der Waals surface area contributed by atoms with E-state index in [4.69, 9.17) is 9.73 Å². The number of hydrogen-bond acceptors (Lipinski definition) is 4. The van der Waals surface area contributed by atoms with E-state index in [9.17, 15) is 4.79 Å². The fourth-order valence-electron chi connectivity index (χ4n) is 4.11. The van der Waals surface area contributed by atoms with Crippen molar-refractivity contribution in [1.29, 1.82) is 0 Å². The molecule has 6 heteroatoms. The molecule has 2 unspecified atom stereocenters. The smallest absolute Gasteiger partial charge is 0.309 e. The molecule has 150 valence electrons. The molecule has 0 saturated carbocycles. The van der Waals surface area contributed by atoms with Crippen molar-refractivity contribution in [1.82, 2.24) is 15.1 Å². The predicted molar refractivity (Wildman–Crippen MR) is 106 cm³/mol. The molecule has 1 N–H and O–H groups in total. The molecule has 2 fully saturated rings. The van der Waals surface area contributed by atoms with Gasteiger partial charge in [-0.15, -0.1) is 0 Å². The van der Waals surface area contributed by atoms with Gasteiger partial charge in [0.05, 0.1) is 19.1 Å². The molecule has 0 aromatic heterocycles. The average Bonchev–Trinajstić information content (AvgIpc) is 2.65. The minimum Gasteiger partial charge on any atom is -0.466 e. The lowest BCUT2D eigenvalue weighted by Crippen LogP contribution is -2.48. The van der Waals surface area contributed by atoms with E-state index in [1.54, 1.807) is 0 Å². The molecule has 2 atom stereocenters. The normalized spacial score (nSPS) is 24.4. The standard InChI is InChI=1S/C20H38N4O2/c1-5-21-20(22-15-17(4)24-12-8-7-9-16(24)3)23-13-10-18(11-14-23)19(25)26-6-2/h16-18H,5-15H2,1-4H3,(H,21,22). The maximum absolute atomic E-state index is 11.9. The predicted octanol–water partition coefficient (Wildman–Crippen LogP) is 2.49. The fourth-order valence-corrected chi connectivity index (χ4v) is 4.11. The van der Waals surface area contributed by atoms with Crippen LogP contribution >= 0.6 is 0 Å². The van der Waals surface area contributed by atoms with Gasteiger partial charge in [-0.1, -0.05) is 6.42 Å². The van der Waals surface area contributed by atoms with Crippen LogP contribution in [0.4, 0.5) is 0 Å². The van der Waals surface area contributed by atoms with Crippen molar-refractivity contribution in [2.24, 2.45) is 10.9 Å². The van der Waals surface area contributed by atoms with Crippen LogP contribution in [0.15, 0.2) is 4.99 Å². The highest BCUT2D eigenvalue weighted by Crippen LogP contribution is 2.20. The maximum atomic E-state index is 11.9. The summed E-state index contributed by atoms with van der Waals surface area (Å²) in [7, 11) is 0. The summed E-state index contributed by atoms with van der Waals surface area (Å²) < 4.78 is 5.17. The van der Waals surface area contributed by atoms with E-state index in [-0.39, 0.29) is 11.9 Å². The lowest BCUT2D eigenvalue weighted by molar-refractivity contribution is -0.149. The molecule has 0 amide bonds. The number of likely N-dealkylation sites (tertiary alicyclic amines) is 2. The lowest BCUT2D eigenvalue weighted by Gasteiger charge is -2.38. The van der Waals surface area contributed by atoms with Crippen LogP contribution in [0.2, 0.25) is 0 Å². The number of piperidine rings is 2. The summed E-state index contributed by atoms with van der Waals surface area (Å²) in [6.45, 7) is 13.7. The van der Waals surface area contributed by atoms with Crippen molar-refractivity contribution in [3.8, 4) is 0 Å². The molecule has 2 aliphatic rings. The van der Waals surface area contributed by atoms with Gasteiger partial charge in [-0.25, -0.2) is 0 Å². The zero-order chi connectivity index (χ0) is 18.9. The number of carbonyl (C=O) groups is 1. The van der Waals surface area contributed by atoms with Gasteiger partial charge in [-0.05, 0) is 59.9 Å². The third kappa shape index (κ3) is 5.86. The van der Waals surface area contributed by atoms with Crippen LogP contribution in [0.25, 0.3) is 0 Å². The van der Waals surface area contributed by atoms with Gasteiger partial charge in [0.1, 0.15) is 0 Å². The van der Waals surface area contributed by atoms with Gasteiger partial charge >= 0.3 is 5.97 Å². The van der Waals surface area contributed by atoms with Gasteiger partial charge in [0, 0.05) is 31.7 Å². The van der Waals surface area contributed by atoms with E-state index in [2.05, 4.69) is 35.9 Å². The molecule has 2 heterocycles. The van der Waals surface area contributed by atoms with Gasteiger partial charge in [0.25, 0.3) is 0 Å². The molecule has 0 aromatic rings. The van der Waals surface area contributed by atoms with E-state index in [0.717, 1.165) is 45.0 Å². The Bertz CT molecular complexity index is 461. The second-order valence-corrected chi connectivity index (χ2v) is 7.64. The number of guanidine groups is 1. The molecule has 0 aliphatic carbocycles. The number of rotatable bonds is 6. The highest BCUT2D eigenvalue weighted by Gasteiger charge is 2.28. The van der Waals surface area contributed by atoms with Gasteiger partial charge in [-0.2, -0.15) is 0 Å². The van der Waals surface area contributed by atoms with Crippen molar-refractivity contribution < 1.29 is 9.53 Å². The van der Waals surface area contributed by atoms with Crippen LogP contribution in [0.3, 0.4) is 0 Å². The Hall–Kier alpha value is -1.30. The second-order valence-electron chi connectivity index (χ2n) is 7.64. The van der Waals surface area contributed by atoms with Crippen molar-refractivity contribution in [3.63, 3.8) is 0 Å². The van der Waals surface area contributed by atoms with Gasteiger partial charge < -0.3 is 15.0 Å². The Morgan fingerprint density at radius 2 is 1.92 bits per heavy atom. The molecule has 2 aliphatic heterocycles. The summed E-state index contributed by atoms with van der Waals surface area (Å²) in [5.74, 6) is 0.996. The first-order valence-corrected chi connectivity index (χ1v) is 10.5. The van der Waals surface area contributed by atoms with E-state index >= 15 is 0 Å². The zero-order valence-electron chi connectivity index (χ0n) is 17.2. The first kappa shape index (κ1) is 21.0. The molecular weight excluding hydrogens is 328 g/mol. The molecule has 6 nitrogen and oxygen atoms in total. The zero-order valence-corrected chi connectivity index (χ0v) is 17.2. The number of nitrogens with one attached hydrogen (secondary N) is 1. The van der Waals surface area contributed by atoms with Crippen LogP contribution in [0, 0.1) is 5.92 Å². The van der Waals surface area contributed by atoms with Gasteiger partial charge in [0.15, 0.2) is 5.96 Å². The summed E-state index contributed by atoms with van der Waals surface area (Å²) in [5, 5.41) is 3.43. The number of aliphatic imine (C=N–C) groups is 1. The Labute approximate surface area is 159 Å². The van der Waals surface area contributed by atoms with Crippen molar-refractivity contribution >= 4 is 11.9 Å². The summed E-state index contributed by atoms with van der Waals surface area (Å²) in [4.78, 5) is 21.8. The van der Waals surface area contributed by atoms with Gasteiger partial charge in [0.2, 0.25) is 0 Å². The highest BCUT2D eigenvalue weighted by molar-refractivity contribution is 5.80. The van der Waals surface area contributed by atoms with Crippen LogP contribution in [0.5, 0.6) is 0 Å². The molecular formula is C20H38N4O2. The number of esters is 1. The number of ether oxygens (including phenoxy) is 1. The van der Waals surface area contributed by atoms with E-state index in [1.807, 2.05) is 6.92 Å². The summed E-state index contributed by atoms with van der Waals surface area (Å²) in [6.07, 6.45) is 5.66. The molecule has 2 rings (SSSR count). The Morgan fingerprint density at radius 3 is 2.54 bits per heavy atom. The molecule has 0 aromatic carbocycles. The van der Waals surface area contributed by atoms with E-state index < -0.39 is 0 Å². The molecule has 0 bridgehead atoms. The van der Waals surface area contributed by atoms with Crippen molar-refractivity contribution in [3.05, 3.63) is 0 Å². The first-order chi connectivity index (χ1) is 12.6. The largest absolute Gasteiger partial charge is 0.466 e. The quantitative estimate of drug-likeness (QED) is 0.445. The number of carbonyl (C=O) groups excluding carboxylic acids is 1. The van der Waals surface area contributed by atoms with Crippen LogP contribution < -0.4 is 5.32 Å². The Balaban J connectivity index is 1.89. The van der Waals surface area contributed by atoms with Gasteiger partial charge in [-0.3, -0.25) is 14.7 Å². The summed E-state index contributed by atoms with van der Waals surface area (Å²) in [5.41, 5.74) is 0. The van der Waals surface area contributed by atoms with E-state index in [0.29, 0.717) is 18.7 Å². The molecule has 0 radical (unpaired) electrons. The number of nitrogens with zero attached hydrogens (tertiary/aromatic N) is 3. The minimum absolute atomic E-state index is 0.0400.